The molecular weight excluding hydrogens is 304 g/mol. The summed E-state index contributed by atoms with van der Waals surface area (Å²) in [5, 5.41) is 4.60. The second-order valence-electron chi connectivity index (χ2n) is 4.08. The molecule has 92 valence electrons. The van der Waals surface area contributed by atoms with Gasteiger partial charge in [0.15, 0.2) is 0 Å². The largest absolute Gasteiger partial charge is 0.347 e. The quantitative estimate of drug-likeness (QED) is 0.903. The van der Waals surface area contributed by atoms with E-state index in [9.17, 15) is 9.59 Å². The maximum absolute atomic E-state index is 11.9. The maximum Gasteiger partial charge on any atom is 0.242 e. The highest BCUT2D eigenvalue weighted by molar-refractivity contribution is 9.10. The molecule has 1 aliphatic rings. The van der Waals surface area contributed by atoms with Gasteiger partial charge in [0.1, 0.15) is 0 Å². The lowest BCUT2D eigenvalue weighted by molar-refractivity contribution is -0.132. The number of nitrogens with one attached hydrogen (secondary N) is 1. The van der Waals surface area contributed by atoms with E-state index in [-0.39, 0.29) is 24.4 Å². The van der Waals surface area contributed by atoms with Crippen LogP contribution in [0.1, 0.15) is 18.2 Å². The Hall–Kier alpha value is -0.880. The molecule has 1 fully saturated rings. The van der Waals surface area contributed by atoms with Crippen LogP contribution in [0.25, 0.3) is 0 Å². The summed E-state index contributed by atoms with van der Waals surface area (Å²) in [7, 11) is 0. The highest BCUT2D eigenvalue weighted by atomic mass is 79.9. The Morgan fingerprint density at radius 1 is 1.59 bits per heavy atom. The van der Waals surface area contributed by atoms with Crippen LogP contribution < -0.4 is 5.32 Å². The number of hydrogen-bond acceptors (Lipinski definition) is 3. The fourth-order valence-electron chi connectivity index (χ4n) is 1.82. The third-order valence-electron chi connectivity index (χ3n) is 2.72. The highest BCUT2D eigenvalue weighted by Crippen LogP contribution is 2.22. The third-order valence-corrected chi connectivity index (χ3v) is 4.40. The van der Waals surface area contributed by atoms with E-state index in [0.717, 1.165) is 9.35 Å². The molecule has 0 bridgehead atoms. The molecule has 1 atom stereocenters. The zero-order chi connectivity index (χ0) is 12.4. The summed E-state index contributed by atoms with van der Waals surface area (Å²) in [4.78, 5) is 26.1. The zero-order valence-corrected chi connectivity index (χ0v) is 11.8. The van der Waals surface area contributed by atoms with Gasteiger partial charge in [-0.1, -0.05) is 0 Å². The van der Waals surface area contributed by atoms with Gasteiger partial charge in [0.05, 0.1) is 13.1 Å². The van der Waals surface area contributed by atoms with Crippen molar-refractivity contribution in [3.05, 3.63) is 20.8 Å². The lowest BCUT2D eigenvalue weighted by Gasteiger charge is -2.25. The molecule has 0 spiro atoms. The van der Waals surface area contributed by atoms with E-state index in [0.29, 0.717) is 13.0 Å². The molecule has 0 aromatic carbocycles. The first kappa shape index (κ1) is 12.6. The molecule has 1 saturated heterocycles. The van der Waals surface area contributed by atoms with Crippen LogP contribution in [0.2, 0.25) is 0 Å². The van der Waals surface area contributed by atoms with Gasteiger partial charge in [-0.15, -0.1) is 11.3 Å². The van der Waals surface area contributed by atoms with Crippen LogP contribution in [0.4, 0.5) is 0 Å². The fraction of sp³-hybridized carbons (Fsp3) is 0.455. The van der Waals surface area contributed by atoms with E-state index in [2.05, 4.69) is 21.2 Å². The lowest BCUT2D eigenvalue weighted by Crippen LogP contribution is -2.38. The molecule has 2 heterocycles. The van der Waals surface area contributed by atoms with E-state index in [1.807, 2.05) is 18.4 Å². The SMILES string of the molecule is CC1CC(=O)NCC(=O)N1Cc1cc(Br)cs1. The number of amides is 2. The molecule has 1 aromatic heterocycles. The van der Waals surface area contributed by atoms with Crippen LogP contribution in [-0.4, -0.2) is 29.3 Å². The van der Waals surface area contributed by atoms with E-state index < -0.39 is 0 Å². The highest BCUT2D eigenvalue weighted by Gasteiger charge is 2.26. The van der Waals surface area contributed by atoms with Gasteiger partial charge in [-0.2, -0.15) is 0 Å². The Morgan fingerprint density at radius 3 is 3.00 bits per heavy atom. The Kier molecular flexibility index (Phi) is 3.83. The van der Waals surface area contributed by atoms with Crippen molar-refractivity contribution in [1.82, 2.24) is 10.2 Å². The minimum absolute atomic E-state index is 0.0205. The standard InChI is InChI=1S/C11H13BrN2O2S/c1-7-2-10(15)13-4-11(16)14(7)5-9-3-8(12)6-17-9/h3,6-7H,2,4-5H2,1H3,(H,13,15). The van der Waals surface area contributed by atoms with Crippen LogP contribution in [-0.2, 0) is 16.1 Å². The van der Waals surface area contributed by atoms with Crippen molar-refractivity contribution in [3.63, 3.8) is 0 Å². The monoisotopic (exact) mass is 316 g/mol. The molecule has 0 aliphatic carbocycles. The second kappa shape index (κ2) is 5.18. The van der Waals surface area contributed by atoms with Gasteiger partial charge in [0, 0.05) is 27.2 Å². The van der Waals surface area contributed by atoms with Crippen molar-refractivity contribution in [3.8, 4) is 0 Å². The summed E-state index contributed by atoms with van der Waals surface area (Å²) in [5.41, 5.74) is 0. The van der Waals surface area contributed by atoms with Gasteiger partial charge < -0.3 is 10.2 Å². The van der Waals surface area contributed by atoms with Crippen molar-refractivity contribution in [2.24, 2.45) is 0 Å². The smallest absolute Gasteiger partial charge is 0.242 e. The van der Waals surface area contributed by atoms with Gasteiger partial charge in [0.25, 0.3) is 0 Å². The van der Waals surface area contributed by atoms with Crippen LogP contribution in [0.3, 0.4) is 0 Å². The Morgan fingerprint density at radius 2 is 2.35 bits per heavy atom. The lowest BCUT2D eigenvalue weighted by atomic mass is 10.2. The molecule has 1 N–H and O–H groups in total. The molecule has 1 aliphatic heterocycles. The van der Waals surface area contributed by atoms with Crippen molar-refractivity contribution < 1.29 is 9.59 Å². The molecule has 2 rings (SSSR count). The van der Waals surface area contributed by atoms with Crippen molar-refractivity contribution >= 4 is 39.1 Å². The molecular formula is C11H13BrN2O2S. The molecule has 6 heteroatoms. The van der Waals surface area contributed by atoms with Crippen molar-refractivity contribution in [2.75, 3.05) is 6.54 Å². The molecule has 4 nitrogen and oxygen atoms in total. The van der Waals surface area contributed by atoms with Gasteiger partial charge >= 0.3 is 0 Å². The number of carbonyl (C=O) groups is 2. The van der Waals surface area contributed by atoms with Gasteiger partial charge in [-0.25, -0.2) is 0 Å². The van der Waals surface area contributed by atoms with Gasteiger partial charge in [-0.05, 0) is 28.9 Å². The summed E-state index contributed by atoms with van der Waals surface area (Å²) in [6.45, 7) is 2.59. The van der Waals surface area contributed by atoms with E-state index in [4.69, 9.17) is 0 Å². The average molecular weight is 317 g/mol. The minimum atomic E-state index is -0.0549. The fourth-order valence-corrected chi connectivity index (χ4v) is 3.27. The van der Waals surface area contributed by atoms with E-state index in [1.54, 1.807) is 16.2 Å². The predicted octanol–water partition coefficient (Wildman–Crippen LogP) is 1.75. The molecule has 0 radical (unpaired) electrons. The van der Waals surface area contributed by atoms with E-state index >= 15 is 0 Å². The molecule has 2 amide bonds. The minimum Gasteiger partial charge on any atom is -0.347 e. The third kappa shape index (κ3) is 3.07. The number of rotatable bonds is 2. The van der Waals surface area contributed by atoms with Crippen molar-refractivity contribution in [2.45, 2.75) is 25.9 Å². The summed E-state index contributed by atoms with van der Waals surface area (Å²) in [6, 6.07) is 1.95. The predicted molar refractivity (Wildman–Crippen MR) is 69.7 cm³/mol. The number of hydrogen-bond donors (Lipinski definition) is 1. The van der Waals surface area contributed by atoms with Crippen LogP contribution >= 0.6 is 27.3 Å². The van der Waals surface area contributed by atoms with Gasteiger partial charge in [-0.3, -0.25) is 9.59 Å². The molecule has 0 saturated carbocycles. The summed E-state index contributed by atoms with van der Waals surface area (Å²) >= 11 is 5.00. The van der Waals surface area contributed by atoms with Crippen LogP contribution in [0.5, 0.6) is 0 Å². The number of thiophene rings is 1. The first-order chi connectivity index (χ1) is 8.06. The van der Waals surface area contributed by atoms with Crippen molar-refractivity contribution in [1.29, 1.82) is 0 Å². The topological polar surface area (TPSA) is 49.4 Å². The van der Waals surface area contributed by atoms with Crippen LogP contribution in [0, 0.1) is 0 Å². The Bertz CT molecular complexity index is 446. The first-order valence-corrected chi connectivity index (χ1v) is 7.02. The molecule has 1 aromatic rings. The second-order valence-corrected chi connectivity index (χ2v) is 5.99. The number of halogens is 1. The first-order valence-electron chi connectivity index (χ1n) is 5.35. The summed E-state index contributed by atoms with van der Waals surface area (Å²) in [5.74, 6) is -0.0754. The normalized spacial score (nSPS) is 21.3. The molecule has 1 unspecified atom stereocenters. The number of carbonyl (C=O) groups excluding carboxylic acids is 2. The average Bonchev–Trinajstić information content (AvgIpc) is 2.63. The zero-order valence-electron chi connectivity index (χ0n) is 9.40. The maximum atomic E-state index is 11.9. The van der Waals surface area contributed by atoms with E-state index in [1.165, 1.54) is 0 Å². The number of nitrogens with zero attached hydrogens (tertiary/aromatic N) is 1. The van der Waals surface area contributed by atoms with Crippen LogP contribution in [0.15, 0.2) is 15.9 Å². The Labute approximate surface area is 112 Å². The summed E-state index contributed by atoms with van der Waals surface area (Å²) in [6.07, 6.45) is 0.373. The Balaban J connectivity index is 2.12. The summed E-state index contributed by atoms with van der Waals surface area (Å²) < 4.78 is 1.03. The van der Waals surface area contributed by atoms with Gasteiger partial charge in [0.2, 0.25) is 11.8 Å². The molecule has 17 heavy (non-hydrogen) atoms.